The molecule has 0 fully saturated rings. The molecule has 6 nitrogen and oxygen atoms in total. The van der Waals surface area contributed by atoms with Crippen molar-refractivity contribution in [2.24, 2.45) is 0 Å². The van der Waals surface area contributed by atoms with E-state index in [0.717, 1.165) is 9.87 Å². The van der Waals surface area contributed by atoms with Gasteiger partial charge in [-0.05, 0) is 54.8 Å². The van der Waals surface area contributed by atoms with Crippen molar-refractivity contribution in [3.8, 4) is 0 Å². The number of aromatic nitrogens is 1. The molecule has 0 N–H and O–H groups in total. The van der Waals surface area contributed by atoms with Crippen molar-refractivity contribution in [2.45, 2.75) is 17.7 Å². The van der Waals surface area contributed by atoms with Gasteiger partial charge in [-0.2, -0.15) is 0 Å². The van der Waals surface area contributed by atoms with Crippen molar-refractivity contribution in [1.82, 2.24) is 4.98 Å². The van der Waals surface area contributed by atoms with E-state index in [1.807, 2.05) is 12.1 Å². The van der Waals surface area contributed by atoms with Crippen LogP contribution in [0.2, 0.25) is 5.02 Å². The highest BCUT2D eigenvalue weighted by atomic mass is 35.5. The number of benzene rings is 2. The maximum Gasteiger partial charge on any atom is 0.339 e. The fourth-order valence-electron chi connectivity index (χ4n) is 2.82. The summed E-state index contributed by atoms with van der Waals surface area (Å²) in [5, 5.41) is 0.133. The van der Waals surface area contributed by atoms with Crippen LogP contribution in [0.3, 0.4) is 0 Å². The number of ether oxygens (including phenoxy) is 1. The molecule has 156 valence electrons. The number of sulfonamides is 1. The molecule has 1 aromatic heterocycles. The van der Waals surface area contributed by atoms with Crippen LogP contribution in [0.5, 0.6) is 0 Å². The van der Waals surface area contributed by atoms with E-state index in [1.165, 1.54) is 25.2 Å². The van der Waals surface area contributed by atoms with Gasteiger partial charge in [-0.1, -0.05) is 35.9 Å². The fourth-order valence-corrected chi connectivity index (χ4v) is 4.24. The van der Waals surface area contributed by atoms with Crippen LogP contribution >= 0.6 is 11.6 Å². The van der Waals surface area contributed by atoms with Crippen molar-refractivity contribution in [1.29, 1.82) is 0 Å². The van der Waals surface area contributed by atoms with Crippen molar-refractivity contribution >= 4 is 33.3 Å². The number of aryl methyl sites for hydroxylation is 1. The van der Waals surface area contributed by atoms with Gasteiger partial charge in [-0.25, -0.2) is 13.2 Å². The van der Waals surface area contributed by atoms with Crippen LogP contribution in [0.1, 0.15) is 22.3 Å². The zero-order valence-electron chi connectivity index (χ0n) is 16.4. The summed E-state index contributed by atoms with van der Waals surface area (Å²) in [4.78, 5) is 16.5. The smallest absolute Gasteiger partial charge is 0.339 e. The number of halogens is 1. The SMILES string of the molecule is CN(c1ccccc1)S(=O)(=O)c1ccc(Cl)c(C(=O)OCCCc2cccnc2)c1. The molecule has 8 heteroatoms. The molecule has 0 atom stereocenters. The Hall–Kier alpha value is -2.90. The number of carbonyl (C=O) groups is 1. The van der Waals surface area contributed by atoms with Crippen molar-refractivity contribution in [2.75, 3.05) is 18.0 Å². The van der Waals surface area contributed by atoms with Gasteiger partial charge in [0, 0.05) is 19.4 Å². The van der Waals surface area contributed by atoms with E-state index >= 15 is 0 Å². The zero-order chi connectivity index (χ0) is 21.6. The van der Waals surface area contributed by atoms with Crippen LogP contribution in [0, 0.1) is 0 Å². The molecule has 2 aromatic carbocycles. The number of pyridine rings is 1. The highest BCUT2D eigenvalue weighted by Crippen LogP contribution is 2.26. The van der Waals surface area contributed by atoms with E-state index in [4.69, 9.17) is 16.3 Å². The predicted octanol–water partition coefficient (Wildman–Crippen LogP) is 4.35. The monoisotopic (exact) mass is 444 g/mol. The van der Waals surface area contributed by atoms with E-state index in [0.29, 0.717) is 18.5 Å². The second-order valence-corrected chi connectivity index (χ2v) is 8.93. The molecule has 0 spiro atoms. The molecule has 1 heterocycles. The van der Waals surface area contributed by atoms with Gasteiger partial charge in [0.25, 0.3) is 10.0 Å². The highest BCUT2D eigenvalue weighted by Gasteiger charge is 2.24. The van der Waals surface area contributed by atoms with Gasteiger partial charge >= 0.3 is 5.97 Å². The van der Waals surface area contributed by atoms with E-state index in [1.54, 1.807) is 42.7 Å². The van der Waals surface area contributed by atoms with Gasteiger partial charge in [0.05, 0.1) is 27.8 Å². The Morgan fingerprint density at radius 3 is 2.57 bits per heavy atom. The summed E-state index contributed by atoms with van der Waals surface area (Å²) in [5.41, 5.74) is 1.57. The van der Waals surface area contributed by atoms with Gasteiger partial charge in [-0.15, -0.1) is 0 Å². The zero-order valence-corrected chi connectivity index (χ0v) is 17.9. The first-order chi connectivity index (χ1) is 14.4. The summed E-state index contributed by atoms with van der Waals surface area (Å²) in [6.07, 6.45) is 4.78. The molecule has 3 aromatic rings. The summed E-state index contributed by atoms with van der Waals surface area (Å²) >= 11 is 6.13. The molecule has 0 radical (unpaired) electrons. The number of rotatable bonds is 8. The lowest BCUT2D eigenvalue weighted by Gasteiger charge is -2.20. The molecule has 0 aliphatic carbocycles. The molecule has 0 saturated carbocycles. The van der Waals surface area contributed by atoms with E-state index in [2.05, 4.69) is 4.98 Å². The average Bonchev–Trinajstić information content (AvgIpc) is 2.77. The third-order valence-electron chi connectivity index (χ3n) is 4.50. The Balaban J connectivity index is 1.70. The number of nitrogens with zero attached hydrogens (tertiary/aromatic N) is 2. The molecule has 30 heavy (non-hydrogen) atoms. The van der Waals surface area contributed by atoms with Crippen LogP contribution in [-0.4, -0.2) is 33.0 Å². The Kier molecular flexibility index (Phi) is 7.07. The molecule has 0 bridgehead atoms. The molecule has 0 aliphatic rings. The Labute approximate surface area is 181 Å². The van der Waals surface area contributed by atoms with Crippen LogP contribution in [-0.2, 0) is 21.2 Å². The minimum absolute atomic E-state index is 0.0144. The summed E-state index contributed by atoms with van der Waals surface area (Å²) in [6, 6.07) is 16.5. The summed E-state index contributed by atoms with van der Waals surface area (Å²) in [6.45, 7) is 0.185. The topological polar surface area (TPSA) is 76.6 Å². The van der Waals surface area contributed by atoms with E-state index < -0.39 is 16.0 Å². The predicted molar refractivity (Wildman–Crippen MR) is 116 cm³/mol. The van der Waals surface area contributed by atoms with Crippen LogP contribution in [0.25, 0.3) is 0 Å². The molecular weight excluding hydrogens is 424 g/mol. The Morgan fingerprint density at radius 2 is 1.87 bits per heavy atom. The normalized spacial score (nSPS) is 11.1. The van der Waals surface area contributed by atoms with Gasteiger partial charge in [-0.3, -0.25) is 9.29 Å². The van der Waals surface area contributed by atoms with Gasteiger partial charge in [0.1, 0.15) is 0 Å². The van der Waals surface area contributed by atoms with Gasteiger partial charge in [0.15, 0.2) is 0 Å². The Morgan fingerprint density at radius 1 is 1.10 bits per heavy atom. The lowest BCUT2D eigenvalue weighted by molar-refractivity contribution is 0.0500. The van der Waals surface area contributed by atoms with Crippen LogP contribution < -0.4 is 4.31 Å². The number of hydrogen-bond acceptors (Lipinski definition) is 5. The second-order valence-electron chi connectivity index (χ2n) is 6.55. The first-order valence-electron chi connectivity index (χ1n) is 9.29. The van der Waals surface area contributed by atoms with E-state index in [-0.39, 0.29) is 22.1 Å². The fraction of sp³-hybridized carbons (Fsp3) is 0.182. The minimum atomic E-state index is -3.87. The van der Waals surface area contributed by atoms with Gasteiger partial charge < -0.3 is 4.74 Å². The molecule has 0 aliphatic heterocycles. The van der Waals surface area contributed by atoms with Crippen LogP contribution in [0.4, 0.5) is 5.69 Å². The quantitative estimate of drug-likeness (QED) is 0.381. The summed E-state index contributed by atoms with van der Waals surface area (Å²) < 4.78 is 32.4. The van der Waals surface area contributed by atoms with E-state index in [9.17, 15) is 13.2 Å². The Bertz CT molecular complexity index is 1110. The van der Waals surface area contributed by atoms with Crippen LogP contribution in [0.15, 0.2) is 78.0 Å². The third-order valence-corrected chi connectivity index (χ3v) is 6.61. The summed E-state index contributed by atoms with van der Waals surface area (Å²) in [7, 11) is -2.41. The largest absolute Gasteiger partial charge is 0.462 e. The number of anilines is 1. The third kappa shape index (κ3) is 5.17. The number of hydrogen-bond donors (Lipinski definition) is 0. The molecule has 3 rings (SSSR count). The molecular formula is C22H21ClN2O4S. The lowest BCUT2D eigenvalue weighted by atomic mass is 10.2. The first-order valence-corrected chi connectivity index (χ1v) is 11.1. The first kappa shape index (κ1) is 21.8. The van der Waals surface area contributed by atoms with Crippen molar-refractivity contribution < 1.29 is 17.9 Å². The highest BCUT2D eigenvalue weighted by molar-refractivity contribution is 7.92. The number of para-hydroxylation sites is 1. The van der Waals surface area contributed by atoms with Crippen molar-refractivity contribution in [3.05, 3.63) is 89.2 Å². The maximum absolute atomic E-state index is 13.0. The van der Waals surface area contributed by atoms with Crippen molar-refractivity contribution in [3.63, 3.8) is 0 Å². The minimum Gasteiger partial charge on any atom is -0.462 e. The summed E-state index contributed by atoms with van der Waals surface area (Å²) in [5.74, 6) is -0.661. The number of carbonyl (C=O) groups excluding carboxylic acids is 1. The average molecular weight is 445 g/mol. The standard InChI is InChI=1S/C22H21ClN2O4S/c1-25(18-9-3-2-4-10-18)30(27,28)19-11-12-21(23)20(15-19)22(26)29-14-6-8-17-7-5-13-24-16-17/h2-5,7,9-13,15-16H,6,8,14H2,1H3. The molecule has 0 unspecified atom stereocenters. The maximum atomic E-state index is 13.0. The number of esters is 1. The van der Waals surface area contributed by atoms with Gasteiger partial charge in [0.2, 0.25) is 0 Å². The molecule has 0 amide bonds. The molecule has 0 saturated heterocycles. The second kappa shape index (κ2) is 9.73. The lowest BCUT2D eigenvalue weighted by Crippen LogP contribution is -2.26.